The van der Waals surface area contributed by atoms with Crippen LogP contribution < -0.4 is 14.9 Å². The van der Waals surface area contributed by atoms with Gasteiger partial charge in [0.15, 0.2) is 5.75 Å². The maximum atomic E-state index is 11.4. The first kappa shape index (κ1) is 20.6. The standard InChI is InChI=1S/C18H20N4O6/c1-3-4-9-28-18-16(22(25)26)10-13(11-17(18)27-2)12-19-20-14-5-7-15(8-6-14)21(23)24/h5-8,10-12,20H,3-4,9H2,1-2H3/b19-12+. The van der Waals surface area contributed by atoms with E-state index in [1.165, 1.54) is 43.7 Å². The molecule has 0 fully saturated rings. The highest BCUT2D eigenvalue weighted by molar-refractivity contribution is 5.83. The van der Waals surface area contributed by atoms with Crippen LogP contribution in [0.1, 0.15) is 25.3 Å². The van der Waals surface area contributed by atoms with Gasteiger partial charge in [0.25, 0.3) is 5.69 Å². The maximum absolute atomic E-state index is 11.4. The van der Waals surface area contributed by atoms with Gasteiger partial charge < -0.3 is 9.47 Å². The van der Waals surface area contributed by atoms with Crippen LogP contribution in [0.15, 0.2) is 41.5 Å². The fourth-order valence-corrected chi connectivity index (χ4v) is 2.27. The third-order valence-corrected chi connectivity index (χ3v) is 3.70. The predicted molar refractivity (Wildman–Crippen MR) is 104 cm³/mol. The Hall–Kier alpha value is -3.69. The third-order valence-electron chi connectivity index (χ3n) is 3.70. The van der Waals surface area contributed by atoms with Gasteiger partial charge >= 0.3 is 5.69 Å². The summed E-state index contributed by atoms with van der Waals surface area (Å²) in [7, 11) is 1.40. The van der Waals surface area contributed by atoms with Gasteiger partial charge in [-0.2, -0.15) is 5.10 Å². The zero-order chi connectivity index (χ0) is 20.5. The van der Waals surface area contributed by atoms with Crippen LogP contribution >= 0.6 is 0 Å². The number of anilines is 1. The van der Waals surface area contributed by atoms with Crippen molar-refractivity contribution in [2.45, 2.75) is 19.8 Å². The third kappa shape index (κ3) is 5.40. The van der Waals surface area contributed by atoms with Crippen molar-refractivity contribution in [1.29, 1.82) is 0 Å². The molecule has 2 aromatic carbocycles. The average molecular weight is 388 g/mol. The summed E-state index contributed by atoms with van der Waals surface area (Å²) in [4.78, 5) is 21.0. The second kappa shape index (κ2) is 9.86. The molecule has 0 unspecified atom stereocenters. The smallest absolute Gasteiger partial charge is 0.315 e. The number of rotatable bonds is 10. The molecule has 0 saturated heterocycles. The number of non-ortho nitro benzene ring substituents is 1. The summed E-state index contributed by atoms with van der Waals surface area (Å²) < 4.78 is 10.8. The maximum Gasteiger partial charge on any atom is 0.315 e. The van der Waals surface area contributed by atoms with E-state index < -0.39 is 9.85 Å². The van der Waals surface area contributed by atoms with Crippen LogP contribution in [-0.2, 0) is 0 Å². The Morgan fingerprint density at radius 1 is 1.14 bits per heavy atom. The number of methoxy groups -OCH3 is 1. The molecule has 0 radical (unpaired) electrons. The Bertz CT molecular complexity index is 867. The van der Waals surface area contributed by atoms with Crippen LogP contribution in [0.4, 0.5) is 17.1 Å². The molecule has 1 N–H and O–H groups in total. The molecule has 148 valence electrons. The summed E-state index contributed by atoms with van der Waals surface area (Å²) in [6, 6.07) is 8.61. The lowest BCUT2D eigenvalue weighted by Crippen LogP contribution is -2.03. The van der Waals surface area contributed by atoms with Gasteiger partial charge in [-0.05, 0) is 24.6 Å². The highest BCUT2D eigenvalue weighted by Crippen LogP contribution is 2.38. The van der Waals surface area contributed by atoms with Gasteiger partial charge in [0.2, 0.25) is 5.75 Å². The summed E-state index contributed by atoms with van der Waals surface area (Å²) in [5, 5.41) is 26.1. The minimum absolute atomic E-state index is 0.0337. The van der Waals surface area contributed by atoms with Crippen molar-refractivity contribution >= 4 is 23.3 Å². The van der Waals surface area contributed by atoms with Crippen LogP contribution in [-0.4, -0.2) is 29.8 Å². The van der Waals surface area contributed by atoms with Crippen LogP contribution in [0.25, 0.3) is 0 Å². The number of benzene rings is 2. The van der Waals surface area contributed by atoms with E-state index in [1.54, 1.807) is 6.07 Å². The van der Waals surface area contributed by atoms with Gasteiger partial charge in [-0.3, -0.25) is 25.7 Å². The summed E-state index contributed by atoms with van der Waals surface area (Å²) >= 11 is 0. The molecule has 0 amide bonds. The lowest BCUT2D eigenvalue weighted by molar-refractivity contribution is -0.386. The Morgan fingerprint density at radius 2 is 1.86 bits per heavy atom. The lowest BCUT2D eigenvalue weighted by atomic mass is 10.2. The zero-order valence-corrected chi connectivity index (χ0v) is 15.5. The number of nitro benzene ring substituents is 2. The Kier molecular flexibility index (Phi) is 7.26. The second-order valence-electron chi connectivity index (χ2n) is 5.70. The molecule has 10 nitrogen and oxygen atoms in total. The van der Waals surface area contributed by atoms with E-state index in [-0.39, 0.29) is 22.9 Å². The number of hydrazone groups is 1. The van der Waals surface area contributed by atoms with Crippen molar-refractivity contribution in [3.05, 3.63) is 62.2 Å². The molecule has 28 heavy (non-hydrogen) atoms. The Balaban J connectivity index is 2.20. The molecule has 0 saturated carbocycles. The van der Waals surface area contributed by atoms with Gasteiger partial charge in [-0.25, -0.2) is 0 Å². The number of hydrogen-bond donors (Lipinski definition) is 1. The Labute approximate surface area is 161 Å². The number of hydrogen-bond acceptors (Lipinski definition) is 8. The zero-order valence-electron chi connectivity index (χ0n) is 15.5. The molecule has 0 aliphatic carbocycles. The molecule has 0 bridgehead atoms. The molecular formula is C18H20N4O6. The molecule has 10 heteroatoms. The van der Waals surface area contributed by atoms with Crippen molar-refractivity contribution in [2.75, 3.05) is 19.1 Å². The van der Waals surface area contributed by atoms with E-state index in [0.717, 1.165) is 12.8 Å². The molecule has 0 spiro atoms. The van der Waals surface area contributed by atoms with Gasteiger partial charge in [-0.1, -0.05) is 13.3 Å². The second-order valence-corrected chi connectivity index (χ2v) is 5.70. The summed E-state index contributed by atoms with van der Waals surface area (Å²) in [6.45, 7) is 2.34. The van der Waals surface area contributed by atoms with Gasteiger partial charge in [0.1, 0.15) is 0 Å². The normalized spacial score (nSPS) is 10.6. The largest absolute Gasteiger partial charge is 0.493 e. The summed E-state index contributed by atoms with van der Waals surface area (Å²) in [5.41, 5.74) is 3.42. The molecule has 2 aromatic rings. The van der Waals surface area contributed by atoms with Crippen LogP contribution in [0, 0.1) is 20.2 Å². The van der Waals surface area contributed by atoms with E-state index in [1.807, 2.05) is 6.92 Å². The van der Waals surface area contributed by atoms with E-state index in [2.05, 4.69) is 10.5 Å². The van der Waals surface area contributed by atoms with E-state index in [4.69, 9.17) is 9.47 Å². The SMILES string of the molecule is CCCCOc1c(OC)cc(/C=N/Nc2ccc([N+](=O)[O-])cc2)cc1[N+](=O)[O-]. The molecule has 0 atom stereocenters. The first-order valence-electron chi connectivity index (χ1n) is 8.49. The summed E-state index contributed by atoms with van der Waals surface area (Å²) in [6.07, 6.45) is 3.05. The van der Waals surface area contributed by atoms with Crippen molar-refractivity contribution in [3.8, 4) is 11.5 Å². The highest BCUT2D eigenvalue weighted by Gasteiger charge is 2.22. The monoisotopic (exact) mass is 388 g/mol. The first-order valence-corrected chi connectivity index (χ1v) is 8.49. The Morgan fingerprint density at radius 3 is 2.43 bits per heavy atom. The molecule has 0 aromatic heterocycles. The van der Waals surface area contributed by atoms with Crippen LogP contribution in [0.2, 0.25) is 0 Å². The molecule has 0 heterocycles. The minimum Gasteiger partial charge on any atom is -0.493 e. The van der Waals surface area contributed by atoms with E-state index >= 15 is 0 Å². The first-order chi connectivity index (χ1) is 13.5. The number of ether oxygens (including phenoxy) is 2. The quantitative estimate of drug-likeness (QED) is 0.280. The lowest BCUT2D eigenvalue weighted by Gasteiger charge is -2.11. The number of nitro groups is 2. The van der Waals surface area contributed by atoms with Crippen molar-refractivity contribution in [1.82, 2.24) is 0 Å². The molecule has 0 aliphatic rings. The van der Waals surface area contributed by atoms with Gasteiger partial charge in [0, 0.05) is 23.8 Å². The number of nitrogens with one attached hydrogen (secondary N) is 1. The van der Waals surface area contributed by atoms with Crippen LogP contribution in [0.3, 0.4) is 0 Å². The van der Waals surface area contributed by atoms with Gasteiger partial charge in [0.05, 0.1) is 35.5 Å². The molecule has 0 aliphatic heterocycles. The number of unbranched alkanes of at least 4 members (excludes halogenated alkanes) is 1. The van der Waals surface area contributed by atoms with Crippen LogP contribution in [0.5, 0.6) is 11.5 Å². The highest BCUT2D eigenvalue weighted by atomic mass is 16.6. The van der Waals surface area contributed by atoms with Crippen molar-refractivity contribution in [2.24, 2.45) is 5.10 Å². The van der Waals surface area contributed by atoms with E-state index in [9.17, 15) is 20.2 Å². The van der Waals surface area contributed by atoms with Crippen molar-refractivity contribution < 1.29 is 19.3 Å². The average Bonchev–Trinajstić information content (AvgIpc) is 2.68. The minimum atomic E-state index is -0.537. The fraction of sp³-hybridized carbons (Fsp3) is 0.278. The number of nitrogens with zero attached hydrogens (tertiary/aromatic N) is 3. The van der Waals surface area contributed by atoms with Crippen molar-refractivity contribution in [3.63, 3.8) is 0 Å². The molecule has 2 rings (SSSR count). The topological polar surface area (TPSA) is 129 Å². The van der Waals surface area contributed by atoms with Gasteiger partial charge in [-0.15, -0.1) is 0 Å². The van der Waals surface area contributed by atoms with E-state index in [0.29, 0.717) is 17.9 Å². The fourth-order valence-electron chi connectivity index (χ4n) is 2.27. The molecular weight excluding hydrogens is 368 g/mol. The summed E-state index contributed by atoms with van der Waals surface area (Å²) in [5.74, 6) is 0.323. The predicted octanol–water partition coefficient (Wildman–Crippen LogP) is 4.14.